The summed E-state index contributed by atoms with van der Waals surface area (Å²) in [7, 11) is 0. The Morgan fingerprint density at radius 2 is 1.91 bits per heavy atom. The molecule has 0 spiro atoms. The molecule has 0 aliphatic rings. The second kappa shape index (κ2) is 5.92. The third-order valence-electron chi connectivity index (χ3n) is 3.64. The van der Waals surface area contributed by atoms with Crippen molar-refractivity contribution in [2.45, 2.75) is 13.8 Å². The number of nitrogens with zero attached hydrogens (tertiary/aromatic N) is 3. The molecule has 0 unspecified atom stereocenters. The fourth-order valence-electron chi connectivity index (χ4n) is 2.35. The highest BCUT2D eigenvalue weighted by atomic mass is 16.1. The molecule has 23 heavy (non-hydrogen) atoms. The third kappa shape index (κ3) is 2.91. The Morgan fingerprint density at radius 1 is 1.13 bits per heavy atom. The van der Waals surface area contributed by atoms with E-state index in [-0.39, 0.29) is 5.91 Å². The summed E-state index contributed by atoms with van der Waals surface area (Å²) in [6.07, 6.45) is 3.09. The van der Waals surface area contributed by atoms with Gasteiger partial charge in [0.2, 0.25) is 0 Å². The molecule has 0 saturated carbocycles. The Bertz CT molecular complexity index is 852. The molecule has 0 aliphatic heterocycles. The molecule has 1 amide bonds. The molecule has 0 bridgehead atoms. The average molecular weight is 307 g/mol. The lowest BCUT2D eigenvalue weighted by molar-refractivity contribution is 0.102. The van der Waals surface area contributed by atoms with Crippen LogP contribution in [-0.2, 0) is 0 Å². The zero-order valence-corrected chi connectivity index (χ0v) is 12.9. The molecule has 0 saturated heterocycles. The van der Waals surface area contributed by atoms with Crippen molar-refractivity contribution in [3.63, 3.8) is 0 Å². The Labute approximate surface area is 134 Å². The number of carbonyl (C=O) groups is 1. The van der Waals surface area contributed by atoms with Crippen molar-refractivity contribution < 1.29 is 4.79 Å². The van der Waals surface area contributed by atoms with Crippen LogP contribution in [0.4, 0.5) is 11.5 Å². The molecule has 116 valence electrons. The van der Waals surface area contributed by atoms with Crippen molar-refractivity contribution in [3.8, 4) is 5.69 Å². The maximum atomic E-state index is 12.4. The van der Waals surface area contributed by atoms with Gasteiger partial charge in [0, 0.05) is 0 Å². The summed E-state index contributed by atoms with van der Waals surface area (Å²) in [5.41, 5.74) is 9.47. The van der Waals surface area contributed by atoms with Crippen LogP contribution in [0, 0.1) is 13.8 Å². The van der Waals surface area contributed by atoms with Gasteiger partial charge in [-0.2, -0.15) is 5.10 Å². The highest BCUT2D eigenvalue weighted by molar-refractivity contribution is 6.04. The smallest absolute Gasteiger partial charge is 0.259 e. The minimum Gasteiger partial charge on any atom is -0.384 e. The van der Waals surface area contributed by atoms with E-state index in [1.807, 2.05) is 38.1 Å². The normalized spacial score (nSPS) is 10.5. The number of nitrogens with two attached hydrogens (primary N) is 1. The number of hydrogen-bond donors (Lipinski definition) is 2. The van der Waals surface area contributed by atoms with Crippen LogP contribution >= 0.6 is 0 Å². The van der Waals surface area contributed by atoms with Gasteiger partial charge in [0.05, 0.1) is 35.0 Å². The van der Waals surface area contributed by atoms with Gasteiger partial charge in [-0.25, -0.2) is 9.67 Å². The number of nitrogen functional groups attached to an aromatic ring is 1. The number of nitrogens with one attached hydrogen (secondary N) is 1. The van der Waals surface area contributed by atoms with Crippen LogP contribution in [0.5, 0.6) is 0 Å². The van der Waals surface area contributed by atoms with Gasteiger partial charge in [0.15, 0.2) is 0 Å². The van der Waals surface area contributed by atoms with E-state index < -0.39 is 0 Å². The molecule has 3 N–H and O–H groups in total. The number of benzene rings is 1. The molecule has 0 fully saturated rings. The first-order valence-corrected chi connectivity index (χ1v) is 7.20. The van der Waals surface area contributed by atoms with E-state index in [0.717, 1.165) is 16.9 Å². The summed E-state index contributed by atoms with van der Waals surface area (Å²) in [6, 6.07) is 11.3. The summed E-state index contributed by atoms with van der Waals surface area (Å²) in [6.45, 7) is 3.88. The highest BCUT2D eigenvalue weighted by Gasteiger charge is 2.16. The topological polar surface area (TPSA) is 85.8 Å². The summed E-state index contributed by atoms with van der Waals surface area (Å²) in [5, 5.41) is 7.14. The van der Waals surface area contributed by atoms with E-state index >= 15 is 0 Å². The summed E-state index contributed by atoms with van der Waals surface area (Å²) in [5.74, 6) is 0.181. The molecule has 2 heterocycles. The lowest BCUT2D eigenvalue weighted by atomic mass is 10.2. The molecule has 6 nitrogen and oxygen atoms in total. The van der Waals surface area contributed by atoms with Crippen molar-refractivity contribution in [2.75, 3.05) is 11.1 Å². The highest BCUT2D eigenvalue weighted by Crippen LogP contribution is 2.18. The van der Waals surface area contributed by atoms with E-state index in [1.165, 1.54) is 6.20 Å². The Balaban J connectivity index is 1.88. The Morgan fingerprint density at radius 3 is 2.61 bits per heavy atom. The zero-order valence-electron chi connectivity index (χ0n) is 12.9. The van der Waals surface area contributed by atoms with E-state index in [1.54, 1.807) is 23.0 Å². The lowest BCUT2D eigenvalue weighted by Gasteiger charge is -2.09. The zero-order chi connectivity index (χ0) is 16.4. The third-order valence-corrected chi connectivity index (χ3v) is 3.64. The van der Waals surface area contributed by atoms with E-state index in [0.29, 0.717) is 17.1 Å². The van der Waals surface area contributed by atoms with Gasteiger partial charge in [-0.05, 0) is 37.6 Å². The average Bonchev–Trinajstić information content (AvgIpc) is 2.92. The quantitative estimate of drug-likeness (QED) is 0.779. The maximum Gasteiger partial charge on any atom is 0.259 e. The molecule has 3 rings (SSSR count). The Hall–Kier alpha value is -3.15. The summed E-state index contributed by atoms with van der Waals surface area (Å²) >= 11 is 0. The van der Waals surface area contributed by atoms with Crippen LogP contribution in [0.25, 0.3) is 5.69 Å². The number of para-hydroxylation sites is 1. The predicted molar refractivity (Wildman–Crippen MR) is 89.6 cm³/mol. The number of pyridine rings is 1. The van der Waals surface area contributed by atoms with Crippen molar-refractivity contribution in [3.05, 3.63) is 65.6 Å². The molecule has 1 aromatic carbocycles. The first-order valence-electron chi connectivity index (χ1n) is 7.20. The number of hydrogen-bond acceptors (Lipinski definition) is 4. The fourth-order valence-corrected chi connectivity index (χ4v) is 2.35. The standard InChI is InChI=1S/C17H17N5O/c1-11-5-3-4-6-15(11)22-12(2)14(10-20-22)17(23)21-13-7-8-16(18)19-9-13/h3-10H,1-2H3,(H2,18,19)(H,21,23). The van der Waals surface area contributed by atoms with E-state index in [9.17, 15) is 4.79 Å². The summed E-state index contributed by atoms with van der Waals surface area (Å²) < 4.78 is 1.77. The van der Waals surface area contributed by atoms with Crippen LogP contribution in [0.1, 0.15) is 21.6 Å². The van der Waals surface area contributed by atoms with E-state index in [4.69, 9.17) is 5.73 Å². The van der Waals surface area contributed by atoms with Gasteiger partial charge in [0.25, 0.3) is 5.91 Å². The van der Waals surface area contributed by atoms with Crippen molar-refractivity contribution in [2.24, 2.45) is 0 Å². The van der Waals surface area contributed by atoms with Crippen LogP contribution in [0.15, 0.2) is 48.8 Å². The fraction of sp³-hybridized carbons (Fsp3) is 0.118. The maximum absolute atomic E-state index is 12.4. The number of amides is 1. The molecule has 0 atom stereocenters. The molecule has 0 aliphatic carbocycles. The van der Waals surface area contributed by atoms with Gasteiger partial charge in [0.1, 0.15) is 5.82 Å². The second-order valence-electron chi connectivity index (χ2n) is 5.27. The lowest BCUT2D eigenvalue weighted by Crippen LogP contribution is -2.13. The van der Waals surface area contributed by atoms with Gasteiger partial charge in [-0.3, -0.25) is 4.79 Å². The SMILES string of the molecule is Cc1ccccc1-n1ncc(C(=O)Nc2ccc(N)nc2)c1C. The van der Waals surface area contributed by atoms with Gasteiger partial charge >= 0.3 is 0 Å². The number of carbonyl (C=O) groups excluding carboxylic acids is 1. The summed E-state index contributed by atoms with van der Waals surface area (Å²) in [4.78, 5) is 16.4. The first-order chi connectivity index (χ1) is 11.1. The minimum atomic E-state index is -0.228. The monoisotopic (exact) mass is 307 g/mol. The van der Waals surface area contributed by atoms with Crippen LogP contribution in [0.3, 0.4) is 0 Å². The molecule has 0 radical (unpaired) electrons. The first kappa shape index (κ1) is 14.8. The van der Waals surface area contributed by atoms with Crippen molar-refractivity contribution in [1.82, 2.24) is 14.8 Å². The second-order valence-corrected chi connectivity index (χ2v) is 5.27. The van der Waals surface area contributed by atoms with Gasteiger partial charge < -0.3 is 11.1 Å². The number of aryl methyl sites for hydroxylation is 1. The minimum absolute atomic E-state index is 0.228. The predicted octanol–water partition coefficient (Wildman–Crippen LogP) is 2.72. The van der Waals surface area contributed by atoms with Crippen LogP contribution in [0.2, 0.25) is 0 Å². The number of anilines is 2. The van der Waals surface area contributed by atoms with Crippen molar-refractivity contribution >= 4 is 17.4 Å². The number of aromatic nitrogens is 3. The largest absolute Gasteiger partial charge is 0.384 e. The van der Waals surface area contributed by atoms with Crippen LogP contribution < -0.4 is 11.1 Å². The van der Waals surface area contributed by atoms with Crippen molar-refractivity contribution in [1.29, 1.82) is 0 Å². The molecular formula is C17H17N5O. The molecule has 2 aromatic heterocycles. The number of rotatable bonds is 3. The molecule has 3 aromatic rings. The van der Waals surface area contributed by atoms with Gasteiger partial charge in [-0.15, -0.1) is 0 Å². The Kier molecular flexibility index (Phi) is 3.80. The van der Waals surface area contributed by atoms with E-state index in [2.05, 4.69) is 15.4 Å². The molecular weight excluding hydrogens is 290 g/mol. The van der Waals surface area contributed by atoms with Crippen LogP contribution in [-0.4, -0.2) is 20.7 Å². The van der Waals surface area contributed by atoms with Gasteiger partial charge in [-0.1, -0.05) is 18.2 Å². The molecule has 6 heteroatoms.